The summed E-state index contributed by atoms with van der Waals surface area (Å²) in [6, 6.07) is 2.71. The summed E-state index contributed by atoms with van der Waals surface area (Å²) < 4.78 is 0. The van der Waals surface area contributed by atoms with E-state index in [4.69, 9.17) is 0 Å². The first kappa shape index (κ1) is 12.6. The van der Waals surface area contributed by atoms with Crippen molar-refractivity contribution in [1.82, 2.24) is 10.2 Å². The smallest absolute Gasteiger partial charge is 0.236 e. The molecule has 1 aliphatic rings. The number of nitrogens with zero attached hydrogens (tertiary/aromatic N) is 1. The van der Waals surface area contributed by atoms with E-state index in [1.165, 1.54) is 28.2 Å². The van der Waals surface area contributed by atoms with Gasteiger partial charge in [-0.2, -0.15) is 0 Å². The van der Waals surface area contributed by atoms with Crippen LogP contribution in [-0.2, 0) is 11.3 Å². The summed E-state index contributed by atoms with van der Waals surface area (Å²) in [5, 5.41) is 3.22. The largest absolute Gasteiger partial charge is 0.342 e. The number of nitrogens with one attached hydrogen (secondary N) is 1. The fourth-order valence-electron chi connectivity index (χ4n) is 1.82. The van der Waals surface area contributed by atoms with Gasteiger partial charge in [0.05, 0.1) is 6.54 Å². The minimum atomic E-state index is 0.206. The van der Waals surface area contributed by atoms with Gasteiger partial charge in [0, 0.05) is 29.4 Å². The number of rotatable bonds is 5. The SMILES string of the molecule is Cc1cc(CNCC(=O)N(C)C2CC2)sc1C. The molecule has 0 aromatic carbocycles. The van der Waals surface area contributed by atoms with Gasteiger partial charge in [-0.1, -0.05) is 0 Å². The third kappa shape index (κ3) is 3.30. The molecule has 94 valence electrons. The Morgan fingerprint density at radius 3 is 2.76 bits per heavy atom. The Bertz CT molecular complexity index is 390. The molecule has 1 aromatic rings. The number of thiophene rings is 1. The average Bonchev–Trinajstić information content (AvgIpc) is 3.06. The summed E-state index contributed by atoms with van der Waals surface area (Å²) in [6.07, 6.45) is 2.34. The van der Waals surface area contributed by atoms with Gasteiger partial charge in [0.15, 0.2) is 0 Å². The van der Waals surface area contributed by atoms with Crippen molar-refractivity contribution in [3.63, 3.8) is 0 Å². The molecule has 1 aromatic heterocycles. The van der Waals surface area contributed by atoms with Gasteiger partial charge in [0.2, 0.25) is 5.91 Å². The van der Waals surface area contributed by atoms with Crippen LogP contribution in [0.25, 0.3) is 0 Å². The monoisotopic (exact) mass is 252 g/mol. The van der Waals surface area contributed by atoms with Crippen molar-refractivity contribution in [2.45, 2.75) is 39.3 Å². The van der Waals surface area contributed by atoms with Crippen molar-refractivity contribution in [1.29, 1.82) is 0 Å². The Morgan fingerprint density at radius 1 is 1.53 bits per heavy atom. The highest BCUT2D eigenvalue weighted by Crippen LogP contribution is 2.25. The molecule has 2 rings (SSSR count). The zero-order valence-electron chi connectivity index (χ0n) is 10.7. The Hall–Kier alpha value is -0.870. The number of carbonyl (C=O) groups is 1. The molecule has 0 radical (unpaired) electrons. The lowest BCUT2D eigenvalue weighted by molar-refractivity contribution is -0.129. The number of aryl methyl sites for hydroxylation is 2. The Morgan fingerprint density at radius 2 is 2.24 bits per heavy atom. The summed E-state index contributed by atoms with van der Waals surface area (Å²) in [5.41, 5.74) is 1.34. The maximum absolute atomic E-state index is 11.8. The van der Waals surface area contributed by atoms with E-state index < -0.39 is 0 Å². The Balaban J connectivity index is 1.73. The molecule has 1 aliphatic carbocycles. The summed E-state index contributed by atoms with van der Waals surface area (Å²) in [5.74, 6) is 0.206. The minimum absolute atomic E-state index is 0.206. The molecular weight excluding hydrogens is 232 g/mol. The lowest BCUT2D eigenvalue weighted by Gasteiger charge is -2.16. The summed E-state index contributed by atoms with van der Waals surface area (Å²) in [7, 11) is 1.90. The molecule has 1 saturated carbocycles. The molecule has 0 spiro atoms. The van der Waals surface area contributed by atoms with Crippen LogP contribution < -0.4 is 5.32 Å². The molecule has 1 heterocycles. The molecule has 0 bridgehead atoms. The van der Waals surface area contributed by atoms with Gasteiger partial charge < -0.3 is 10.2 Å². The van der Waals surface area contributed by atoms with Crippen molar-refractivity contribution in [3.8, 4) is 0 Å². The van der Waals surface area contributed by atoms with Crippen LogP contribution in [0.5, 0.6) is 0 Å². The van der Waals surface area contributed by atoms with E-state index >= 15 is 0 Å². The molecule has 4 heteroatoms. The molecule has 1 fully saturated rings. The van der Waals surface area contributed by atoms with E-state index in [0.717, 1.165) is 6.54 Å². The minimum Gasteiger partial charge on any atom is -0.342 e. The van der Waals surface area contributed by atoms with Crippen molar-refractivity contribution in [2.24, 2.45) is 0 Å². The molecule has 3 nitrogen and oxygen atoms in total. The van der Waals surface area contributed by atoms with E-state index in [2.05, 4.69) is 25.2 Å². The van der Waals surface area contributed by atoms with Gasteiger partial charge in [-0.25, -0.2) is 0 Å². The quantitative estimate of drug-likeness (QED) is 0.870. The van der Waals surface area contributed by atoms with Crippen molar-refractivity contribution >= 4 is 17.2 Å². The number of likely N-dealkylation sites (N-methyl/N-ethyl adjacent to an activating group) is 1. The molecule has 0 atom stereocenters. The van der Waals surface area contributed by atoms with Crippen LogP contribution in [0.1, 0.15) is 28.2 Å². The molecular formula is C13H20N2OS. The van der Waals surface area contributed by atoms with Crippen LogP contribution in [0.3, 0.4) is 0 Å². The zero-order chi connectivity index (χ0) is 12.4. The van der Waals surface area contributed by atoms with Crippen LogP contribution in [0.2, 0.25) is 0 Å². The third-order valence-corrected chi connectivity index (χ3v) is 4.43. The van der Waals surface area contributed by atoms with Crippen LogP contribution >= 0.6 is 11.3 Å². The maximum atomic E-state index is 11.8. The summed E-state index contributed by atoms with van der Waals surface area (Å²) in [4.78, 5) is 16.3. The van der Waals surface area contributed by atoms with Crippen molar-refractivity contribution in [3.05, 3.63) is 21.4 Å². The highest BCUT2D eigenvalue weighted by molar-refractivity contribution is 7.12. The van der Waals surface area contributed by atoms with Crippen LogP contribution in [0.15, 0.2) is 6.07 Å². The highest BCUT2D eigenvalue weighted by atomic mass is 32.1. The van der Waals surface area contributed by atoms with E-state index in [1.807, 2.05) is 11.9 Å². The second-order valence-corrected chi connectivity index (χ2v) is 6.13. The number of hydrogen-bond acceptors (Lipinski definition) is 3. The first-order valence-corrected chi connectivity index (χ1v) is 6.92. The van der Waals surface area contributed by atoms with Crippen molar-refractivity contribution < 1.29 is 4.79 Å². The van der Waals surface area contributed by atoms with E-state index in [1.54, 1.807) is 11.3 Å². The van der Waals surface area contributed by atoms with Gasteiger partial charge in [-0.3, -0.25) is 4.79 Å². The molecule has 17 heavy (non-hydrogen) atoms. The third-order valence-electron chi connectivity index (χ3n) is 3.28. The number of amides is 1. The van der Waals surface area contributed by atoms with E-state index in [9.17, 15) is 4.79 Å². The predicted molar refractivity (Wildman–Crippen MR) is 71.3 cm³/mol. The first-order chi connectivity index (χ1) is 8.08. The Labute approximate surface area is 107 Å². The average molecular weight is 252 g/mol. The molecule has 0 aliphatic heterocycles. The van der Waals surface area contributed by atoms with E-state index in [0.29, 0.717) is 12.6 Å². The fourth-order valence-corrected chi connectivity index (χ4v) is 2.84. The van der Waals surface area contributed by atoms with Gasteiger partial charge in [-0.05, 0) is 38.3 Å². The highest BCUT2D eigenvalue weighted by Gasteiger charge is 2.28. The normalized spacial score (nSPS) is 15.0. The second kappa shape index (κ2) is 5.19. The molecule has 1 N–H and O–H groups in total. The summed E-state index contributed by atoms with van der Waals surface area (Å²) in [6.45, 7) is 5.50. The molecule has 1 amide bonds. The molecule has 0 saturated heterocycles. The van der Waals surface area contributed by atoms with Gasteiger partial charge in [-0.15, -0.1) is 11.3 Å². The Kier molecular flexibility index (Phi) is 3.84. The summed E-state index contributed by atoms with van der Waals surface area (Å²) >= 11 is 1.81. The van der Waals surface area contributed by atoms with E-state index in [-0.39, 0.29) is 5.91 Å². The van der Waals surface area contributed by atoms with Gasteiger partial charge in [0.1, 0.15) is 0 Å². The van der Waals surface area contributed by atoms with Gasteiger partial charge in [0.25, 0.3) is 0 Å². The fraction of sp³-hybridized carbons (Fsp3) is 0.615. The predicted octanol–water partition coefficient (Wildman–Crippen LogP) is 2.08. The topological polar surface area (TPSA) is 32.3 Å². The van der Waals surface area contributed by atoms with Crippen LogP contribution in [-0.4, -0.2) is 30.4 Å². The second-order valence-electron chi connectivity index (χ2n) is 4.79. The molecule has 0 unspecified atom stereocenters. The zero-order valence-corrected chi connectivity index (χ0v) is 11.6. The lowest BCUT2D eigenvalue weighted by atomic mass is 10.3. The first-order valence-electron chi connectivity index (χ1n) is 6.10. The number of hydrogen-bond donors (Lipinski definition) is 1. The standard InChI is InChI=1S/C13H20N2OS/c1-9-6-12(17-10(9)2)7-14-8-13(16)15(3)11-4-5-11/h6,11,14H,4-5,7-8H2,1-3H3. The van der Waals surface area contributed by atoms with Crippen LogP contribution in [0, 0.1) is 13.8 Å². The van der Waals surface area contributed by atoms with Gasteiger partial charge >= 0.3 is 0 Å². The lowest BCUT2D eigenvalue weighted by Crippen LogP contribution is -2.36. The number of carbonyl (C=O) groups excluding carboxylic acids is 1. The maximum Gasteiger partial charge on any atom is 0.236 e. The van der Waals surface area contributed by atoms with Crippen LogP contribution in [0.4, 0.5) is 0 Å². The van der Waals surface area contributed by atoms with Crippen molar-refractivity contribution in [2.75, 3.05) is 13.6 Å².